The van der Waals surface area contributed by atoms with E-state index in [2.05, 4.69) is 11.4 Å². The van der Waals surface area contributed by atoms with Crippen molar-refractivity contribution < 1.29 is 14.3 Å². The van der Waals surface area contributed by atoms with E-state index in [0.717, 1.165) is 5.56 Å². The van der Waals surface area contributed by atoms with Crippen molar-refractivity contribution in [2.75, 3.05) is 12.3 Å². The van der Waals surface area contributed by atoms with Gasteiger partial charge in [0.25, 0.3) is 0 Å². The summed E-state index contributed by atoms with van der Waals surface area (Å²) in [4.78, 5) is 11.7. The lowest BCUT2D eigenvalue weighted by Crippen LogP contribution is -2.29. The molecule has 1 amide bonds. The van der Waals surface area contributed by atoms with Gasteiger partial charge in [-0.05, 0) is 29.8 Å². The maximum absolute atomic E-state index is 11.7. The Morgan fingerprint density at radius 2 is 2.14 bits per heavy atom. The number of amides is 1. The van der Waals surface area contributed by atoms with Crippen molar-refractivity contribution in [1.82, 2.24) is 5.32 Å². The van der Waals surface area contributed by atoms with Crippen LogP contribution in [0.1, 0.15) is 23.0 Å². The van der Waals surface area contributed by atoms with Gasteiger partial charge in [-0.1, -0.05) is 12.1 Å². The molecule has 114 valence electrons. The Morgan fingerprint density at radius 1 is 1.36 bits per heavy atom. The van der Waals surface area contributed by atoms with Crippen LogP contribution in [0.5, 0.6) is 0 Å². The number of hydrogen-bond donors (Lipinski definition) is 2. The molecule has 6 heteroatoms. The second-order valence-corrected chi connectivity index (χ2v) is 5.62. The minimum Gasteiger partial charge on any atom is -0.467 e. The number of carbonyl (C=O) groups excluding carboxylic acids is 1. The summed E-state index contributed by atoms with van der Waals surface area (Å²) < 4.78 is 5.06. The Hall–Kier alpha value is -2.23. The fourth-order valence-electron chi connectivity index (χ4n) is 1.78. The number of furan rings is 1. The fraction of sp³-hybridized carbons (Fsp3) is 0.250. The summed E-state index contributed by atoms with van der Waals surface area (Å²) in [6.45, 7) is 0.129. The zero-order chi connectivity index (χ0) is 15.8. The van der Waals surface area contributed by atoms with Crippen molar-refractivity contribution in [2.24, 2.45) is 0 Å². The van der Waals surface area contributed by atoms with E-state index < -0.39 is 6.10 Å². The van der Waals surface area contributed by atoms with Crippen molar-refractivity contribution in [1.29, 1.82) is 5.26 Å². The zero-order valence-electron chi connectivity index (χ0n) is 11.9. The molecule has 2 rings (SSSR count). The zero-order valence-corrected chi connectivity index (χ0v) is 12.7. The molecule has 1 aromatic heterocycles. The Morgan fingerprint density at radius 3 is 2.77 bits per heavy atom. The van der Waals surface area contributed by atoms with Crippen LogP contribution in [0.15, 0.2) is 47.1 Å². The minimum absolute atomic E-state index is 0.129. The standard InChI is InChI=1S/C16H16N2O3S/c17-8-12-3-5-13(6-4-12)10-22-11-16(20)18-9-14(19)15-2-1-7-21-15/h1-7,14,19H,9-11H2,(H,18,20). The maximum atomic E-state index is 11.7. The van der Waals surface area contributed by atoms with E-state index in [9.17, 15) is 9.90 Å². The lowest BCUT2D eigenvalue weighted by Gasteiger charge is -2.09. The minimum atomic E-state index is -0.831. The lowest BCUT2D eigenvalue weighted by atomic mass is 10.2. The highest BCUT2D eigenvalue weighted by Crippen LogP contribution is 2.14. The third-order valence-corrected chi connectivity index (χ3v) is 3.95. The number of benzene rings is 1. The van der Waals surface area contributed by atoms with Crippen LogP contribution in [-0.4, -0.2) is 23.3 Å². The smallest absolute Gasteiger partial charge is 0.230 e. The molecule has 0 aliphatic carbocycles. The first-order chi connectivity index (χ1) is 10.7. The molecule has 1 atom stereocenters. The van der Waals surface area contributed by atoms with Gasteiger partial charge >= 0.3 is 0 Å². The molecular weight excluding hydrogens is 300 g/mol. The number of hydrogen-bond acceptors (Lipinski definition) is 5. The molecule has 5 nitrogen and oxygen atoms in total. The second-order valence-electron chi connectivity index (χ2n) is 4.64. The van der Waals surface area contributed by atoms with Gasteiger partial charge in [-0.3, -0.25) is 4.79 Å². The number of thioether (sulfide) groups is 1. The molecule has 1 heterocycles. The summed E-state index contributed by atoms with van der Waals surface area (Å²) in [5.41, 5.74) is 1.69. The van der Waals surface area contributed by atoms with Gasteiger partial charge in [0, 0.05) is 5.75 Å². The van der Waals surface area contributed by atoms with E-state index in [1.807, 2.05) is 12.1 Å². The van der Waals surface area contributed by atoms with Crippen molar-refractivity contribution in [3.05, 3.63) is 59.5 Å². The Kier molecular flexibility index (Phi) is 6.07. The first-order valence-electron chi connectivity index (χ1n) is 6.74. The van der Waals surface area contributed by atoms with Gasteiger partial charge in [0.05, 0.1) is 30.2 Å². The van der Waals surface area contributed by atoms with Crippen LogP contribution < -0.4 is 5.32 Å². The highest BCUT2D eigenvalue weighted by molar-refractivity contribution is 7.99. The number of nitriles is 1. The molecule has 2 aromatic rings. The summed E-state index contributed by atoms with van der Waals surface area (Å²) in [6, 6.07) is 12.7. The molecule has 22 heavy (non-hydrogen) atoms. The number of aliphatic hydroxyl groups is 1. The topological polar surface area (TPSA) is 86.3 Å². The summed E-state index contributed by atoms with van der Waals surface area (Å²) in [5.74, 6) is 1.31. The van der Waals surface area contributed by atoms with Crippen LogP contribution in [0, 0.1) is 11.3 Å². The van der Waals surface area contributed by atoms with Gasteiger partial charge in [0.15, 0.2) is 0 Å². The molecule has 0 radical (unpaired) electrons. The van der Waals surface area contributed by atoms with Crippen molar-refractivity contribution in [2.45, 2.75) is 11.9 Å². The summed E-state index contributed by atoms with van der Waals surface area (Å²) in [7, 11) is 0. The van der Waals surface area contributed by atoms with Gasteiger partial charge in [-0.15, -0.1) is 11.8 Å². The van der Waals surface area contributed by atoms with Crippen LogP contribution in [0.25, 0.3) is 0 Å². The quantitative estimate of drug-likeness (QED) is 0.818. The molecule has 2 N–H and O–H groups in total. The van der Waals surface area contributed by atoms with Gasteiger partial charge in [-0.2, -0.15) is 5.26 Å². The maximum Gasteiger partial charge on any atom is 0.230 e. The van der Waals surface area contributed by atoms with Crippen LogP contribution >= 0.6 is 11.8 Å². The summed E-state index contributed by atoms with van der Waals surface area (Å²) in [6.07, 6.45) is 0.649. The number of nitrogens with one attached hydrogen (secondary N) is 1. The molecule has 0 saturated heterocycles. The van der Waals surface area contributed by atoms with Crippen molar-refractivity contribution in [3.63, 3.8) is 0 Å². The van der Waals surface area contributed by atoms with Gasteiger partial charge in [0.1, 0.15) is 11.9 Å². The molecule has 1 unspecified atom stereocenters. The SMILES string of the molecule is N#Cc1ccc(CSCC(=O)NCC(O)c2ccco2)cc1. The molecular formula is C16H16N2O3S. The largest absolute Gasteiger partial charge is 0.467 e. The monoisotopic (exact) mass is 316 g/mol. The highest BCUT2D eigenvalue weighted by Gasteiger charge is 2.11. The Labute approximate surface area is 132 Å². The van der Waals surface area contributed by atoms with E-state index >= 15 is 0 Å². The van der Waals surface area contributed by atoms with E-state index in [-0.39, 0.29) is 12.5 Å². The van der Waals surface area contributed by atoms with E-state index in [1.165, 1.54) is 18.0 Å². The predicted molar refractivity (Wildman–Crippen MR) is 84.0 cm³/mol. The van der Waals surface area contributed by atoms with Crippen LogP contribution in [0.4, 0.5) is 0 Å². The third-order valence-electron chi connectivity index (χ3n) is 2.95. The van der Waals surface area contributed by atoms with Crippen LogP contribution in [-0.2, 0) is 10.5 Å². The predicted octanol–water partition coefficient (Wildman–Crippen LogP) is 2.23. The average molecular weight is 316 g/mol. The first-order valence-corrected chi connectivity index (χ1v) is 7.89. The average Bonchev–Trinajstić information content (AvgIpc) is 3.08. The number of rotatable bonds is 7. The Bertz CT molecular complexity index is 632. The van der Waals surface area contributed by atoms with Crippen molar-refractivity contribution in [3.8, 4) is 6.07 Å². The number of nitrogens with zero attached hydrogens (tertiary/aromatic N) is 1. The lowest BCUT2D eigenvalue weighted by molar-refractivity contribution is -0.119. The number of carbonyl (C=O) groups is 1. The second kappa shape index (κ2) is 8.27. The Balaban J connectivity index is 1.66. The van der Waals surface area contributed by atoms with Gasteiger partial charge in [0.2, 0.25) is 5.91 Å². The molecule has 0 spiro atoms. The fourth-order valence-corrected chi connectivity index (χ4v) is 2.60. The third kappa shape index (κ3) is 4.95. The molecule has 0 aliphatic rings. The van der Waals surface area contributed by atoms with Crippen LogP contribution in [0.3, 0.4) is 0 Å². The molecule has 0 fully saturated rings. The normalized spacial score (nSPS) is 11.6. The van der Waals surface area contributed by atoms with E-state index in [4.69, 9.17) is 9.68 Å². The summed E-state index contributed by atoms with van der Waals surface area (Å²) >= 11 is 1.48. The van der Waals surface area contributed by atoms with Crippen LogP contribution in [0.2, 0.25) is 0 Å². The van der Waals surface area contributed by atoms with E-state index in [1.54, 1.807) is 24.3 Å². The van der Waals surface area contributed by atoms with Crippen molar-refractivity contribution >= 4 is 17.7 Å². The highest BCUT2D eigenvalue weighted by atomic mass is 32.2. The number of aliphatic hydroxyl groups excluding tert-OH is 1. The van der Waals surface area contributed by atoms with Gasteiger partial charge < -0.3 is 14.8 Å². The molecule has 1 aromatic carbocycles. The first kappa shape index (κ1) is 16.1. The molecule has 0 bridgehead atoms. The van der Waals surface area contributed by atoms with Gasteiger partial charge in [-0.25, -0.2) is 0 Å². The molecule has 0 aliphatic heterocycles. The van der Waals surface area contributed by atoms with E-state index in [0.29, 0.717) is 22.8 Å². The molecule has 0 saturated carbocycles. The summed E-state index contributed by atoms with van der Waals surface area (Å²) in [5, 5.41) is 21.1.